The Hall–Kier alpha value is -10.5. The topological polar surface area (TPSA) is 620 Å². The SMILES string of the molecule is CCNC(=O)CCOCC(COCCC(=O)NCCCNC(=O)CCCCOC1OC(COC(C)=O)C(OC(C)=O)C(OC(C)=O)C1NC(C)=O)(COCCC(=O)NCCCNC(=O)CCCCOC1OC(COC(C)=O)C(OC(C)=O)C(OC(C)=O)C1NC(C)=O)COCCC(=O)NCCCNC(=O)CCCCOC1OC(COC(C)=O)C(OC(C)=O)C(OC(C)=O)C1NC(C)=O. The van der Waals surface area contributed by atoms with Crippen molar-refractivity contribution in [2.24, 2.45) is 5.41 Å². The Labute approximate surface area is 772 Å². The van der Waals surface area contributed by atoms with Gasteiger partial charge in [-0.2, -0.15) is 0 Å². The molecule has 10 amide bonds. The van der Waals surface area contributed by atoms with E-state index in [1.54, 1.807) is 6.92 Å². The Morgan fingerprint density at radius 3 is 0.684 bits per heavy atom. The molecular weight excluding hydrogens is 1770 g/mol. The van der Waals surface area contributed by atoms with Crippen molar-refractivity contribution in [1.82, 2.24) is 53.2 Å². The fraction of sp³-hybridized carbons (Fsp3) is 0.776. The molecule has 3 rings (SSSR count). The van der Waals surface area contributed by atoms with Gasteiger partial charge in [-0.3, -0.25) is 91.1 Å². The highest BCUT2D eigenvalue weighted by molar-refractivity contribution is 5.80. The van der Waals surface area contributed by atoms with Gasteiger partial charge in [-0.25, -0.2) is 0 Å². The lowest BCUT2D eigenvalue weighted by atomic mass is 9.92. The van der Waals surface area contributed by atoms with Crippen molar-refractivity contribution in [2.75, 3.05) is 138 Å². The number of esters is 9. The van der Waals surface area contributed by atoms with Crippen LogP contribution in [0.5, 0.6) is 0 Å². The van der Waals surface area contributed by atoms with Gasteiger partial charge < -0.3 is 143 Å². The summed E-state index contributed by atoms with van der Waals surface area (Å²) >= 11 is 0. The van der Waals surface area contributed by atoms with Gasteiger partial charge in [-0.1, -0.05) is 0 Å². The maximum absolute atomic E-state index is 13.2. The molecule has 0 bridgehead atoms. The lowest BCUT2D eigenvalue weighted by Crippen LogP contribution is -2.66. The van der Waals surface area contributed by atoms with Crippen LogP contribution in [0.2, 0.25) is 0 Å². The summed E-state index contributed by atoms with van der Waals surface area (Å²) in [5.74, 6) is -10.6. The fourth-order valence-corrected chi connectivity index (χ4v) is 13.6. The zero-order chi connectivity index (χ0) is 98.8. The Bertz CT molecular complexity index is 3370. The van der Waals surface area contributed by atoms with Gasteiger partial charge in [0.1, 0.15) is 56.3 Å². The summed E-state index contributed by atoms with van der Waals surface area (Å²) in [6, 6.07) is -3.50. The number of carbonyl (C=O) groups is 19. The van der Waals surface area contributed by atoms with Crippen molar-refractivity contribution in [3.05, 3.63) is 0 Å². The summed E-state index contributed by atoms with van der Waals surface area (Å²) in [6.45, 7) is 14.8. The van der Waals surface area contributed by atoms with Crippen LogP contribution >= 0.6 is 0 Å². The number of amides is 10. The molecule has 3 saturated heterocycles. The van der Waals surface area contributed by atoms with Crippen molar-refractivity contribution < 1.29 is 181 Å². The highest BCUT2D eigenvalue weighted by Gasteiger charge is 2.55. The molecule has 3 heterocycles. The molecule has 15 unspecified atom stereocenters. The van der Waals surface area contributed by atoms with Crippen LogP contribution in [-0.2, 0) is 181 Å². The molecule has 3 aliphatic rings. The van der Waals surface area contributed by atoms with Crippen molar-refractivity contribution in [1.29, 1.82) is 0 Å². The first kappa shape index (κ1) is 117. The third-order valence-corrected chi connectivity index (χ3v) is 19.3. The summed E-state index contributed by atoms with van der Waals surface area (Å²) in [7, 11) is 0. The Morgan fingerprint density at radius 1 is 0.256 bits per heavy atom. The summed E-state index contributed by atoms with van der Waals surface area (Å²) in [4.78, 5) is 236. The van der Waals surface area contributed by atoms with Crippen molar-refractivity contribution in [3.8, 4) is 0 Å². The molecule has 3 aliphatic heterocycles. The molecular formula is C85H138N10O38. The van der Waals surface area contributed by atoms with E-state index < -0.39 is 189 Å². The van der Waals surface area contributed by atoms with Crippen LogP contribution in [0, 0.1) is 5.41 Å². The van der Waals surface area contributed by atoms with Gasteiger partial charge in [0, 0.05) is 194 Å². The van der Waals surface area contributed by atoms with Crippen LogP contribution in [0.1, 0.15) is 193 Å². The second-order valence-electron chi connectivity index (χ2n) is 31.5. The van der Waals surface area contributed by atoms with E-state index in [0.717, 1.165) is 62.3 Å². The standard InChI is InChI=1S/C85H138N10O38/c1-14-86-69(111)27-40-115-47-85(48-116-41-28-70(112)90-34-21-31-87-66(108)24-15-18-37-119-82-73(93-51(2)96)79(128-60(11)105)76(125-57(8)102)63(131-82)44-122-54(5)99,49-117-42-29-71(113)91-35-22-32-88-67(109)25-16-19-38-120-83-74(94-52(3)97)80(129-61(12)106)77(126-58(9)103)64(132-83)45-123-55(6)100)50-118-43-30-72(114)92-36-23-33-89-68(110)26-17-20-39-121-84-75(95-53(4)98)81(130-62(13)107)78(127-59(10)104)65(133-84)46-124-56(7)101/h63-65,73-84H,14-50H2,1-13H3,(H,86,111)(H,87,108)(H,88,109)(H,89,110)(H,90,112)(H,91,113)(H,92,114)(H,93,96)(H,94,97)(H,95,98). The van der Waals surface area contributed by atoms with Gasteiger partial charge in [0.2, 0.25) is 59.1 Å². The molecule has 3 fully saturated rings. The maximum atomic E-state index is 13.2. The number of unbranched alkanes of at least 4 members (excludes halogenated alkanes) is 3. The third-order valence-electron chi connectivity index (χ3n) is 19.3. The molecule has 0 aliphatic carbocycles. The zero-order valence-electron chi connectivity index (χ0n) is 78.3. The number of ether oxygens (including phenoxy) is 19. The predicted molar refractivity (Wildman–Crippen MR) is 456 cm³/mol. The Morgan fingerprint density at radius 2 is 0.474 bits per heavy atom. The number of hydrogen-bond donors (Lipinski definition) is 10. The highest BCUT2D eigenvalue weighted by Crippen LogP contribution is 2.32. The molecule has 15 atom stereocenters. The van der Waals surface area contributed by atoms with Crippen LogP contribution in [0.25, 0.3) is 0 Å². The molecule has 0 saturated carbocycles. The average molecular weight is 1910 g/mol. The number of rotatable bonds is 66. The minimum Gasteiger partial charge on any atom is -0.463 e. The lowest BCUT2D eigenvalue weighted by Gasteiger charge is -2.44. The predicted octanol–water partition coefficient (Wildman–Crippen LogP) is -1.87. The first-order valence-electron chi connectivity index (χ1n) is 44.5. The second-order valence-corrected chi connectivity index (χ2v) is 31.5. The summed E-state index contributed by atoms with van der Waals surface area (Å²) in [6.07, 6.45) is -12.3. The van der Waals surface area contributed by atoms with E-state index in [4.69, 9.17) is 90.0 Å². The monoisotopic (exact) mass is 1910 g/mol. The maximum Gasteiger partial charge on any atom is 0.303 e. The average Bonchev–Trinajstić information content (AvgIpc) is 0.794. The molecule has 0 aromatic rings. The second kappa shape index (κ2) is 66.0. The van der Waals surface area contributed by atoms with E-state index in [1.807, 2.05) is 0 Å². The van der Waals surface area contributed by atoms with Crippen LogP contribution in [0.4, 0.5) is 0 Å². The van der Waals surface area contributed by atoms with Crippen LogP contribution < -0.4 is 53.2 Å². The largest absolute Gasteiger partial charge is 0.463 e. The van der Waals surface area contributed by atoms with E-state index in [1.165, 1.54) is 20.8 Å². The van der Waals surface area contributed by atoms with Crippen molar-refractivity contribution >= 4 is 113 Å². The number of carbonyl (C=O) groups excluding carboxylic acids is 19. The van der Waals surface area contributed by atoms with Crippen LogP contribution in [-0.4, -0.2) is 343 Å². The molecule has 10 N–H and O–H groups in total. The van der Waals surface area contributed by atoms with E-state index in [2.05, 4.69) is 53.2 Å². The van der Waals surface area contributed by atoms with Crippen LogP contribution in [0.15, 0.2) is 0 Å². The quantitative estimate of drug-likeness (QED) is 0.0181. The smallest absolute Gasteiger partial charge is 0.303 e. The van der Waals surface area contributed by atoms with E-state index in [-0.39, 0.29) is 198 Å². The summed E-state index contributed by atoms with van der Waals surface area (Å²) in [5.41, 5.74) is -1.17. The van der Waals surface area contributed by atoms with Gasteiger partial charge in [-0.15, -0.1) is 0 Å². The first-order valence-corrected chi connectivity index (χ1v) is 44.5. The Kier molecular flexibility index (Phi) is 57.9. The fourth-order valence-electron chi connectivity index (χ4n) is 13.6. The number of nitrogens with one attached hydrogen (secondary N) is 10. The normalized spacial score (nSPS) is 21.7. The molecule has 0 aromatic carbocycles. The molecule has 48 nitrogen and oxygen atoms in total. The van der Waals surface area contributed by atoms with E-state index >= 15 is 0 Å². The minimum absolute atomic E-state index is 0.00750. The summed E-state index contributed by atoms with van der Waals surface area (Å²) < 4.78 is 109. The van der Waals surface area contributed by atoms with Gasteiger partial charge >= 0.3 is 53.7 Å². The van der Waals surface area contributed by atoms with E-state index in [9.17, 15) is 91.1 Å². The summed E-state index contributed by atoms with van der Waals surface area (Å²) in [5, 5.41) is 27.3. The van der Waals surface area contributed by atoms with E-state index in [0.29, 0.717) is 64.3 Å². The minimum atomic E-state index is -1.31. The molecule has 0 spiro atoms. The molecule has 0 aromatic heterocycles. The van der Waals surface area contributed by atoms with Crippen molar-refractivity contribution in [3.63, 3.8) is 0 Å². The highest BCUT2D eigenvalue weighted by atomic mass is 16.7. The zero-order valence-corrected chi connectivity index (χ0v) is 78.3. The Balaban J connectivity index is 1.60. The van der Waals surface area contributed by atoms with Gasteiger partial charge in [0.05, 0.1) is 58.3 Å². The molecule has 0 radical (unpaired) electrons. The molecule has 756 valence electrons. The third kappa shape index (κ3) is 51.5. The van der Waals surface area contributed by atoms with Gasteiger partial charge in [0.25, 0.3) is 0 Å². The van der Waals surface area contributed by atoms with Crippen molar-refractivity contribution in [2.45, 2.75) is 285 Å². The molecule has 133 heavy (non-hydrogen) atoms. The van der Waals surface area contributed by atoms with Crippen LogP contribution in [0.3, 0.4) is 0 Å². The molecule has 48 heteroatoms. The van der Waals surface area contributed by atoms with Gasteiger partial charge in [0.15, 0.2) is 55.5 Å². The number of hydrogen-bond acceptors (Lipinski definition) is 38. The van der Waals surface area contributed by atoms with Gasteiger partial charge in [-0.05, 0) is 64.7 Å². The lowest BCUT2D eigenvalue weighted by molar-refractivity contribution is -0.277. The first-order chi connectivity index (χ1) is 63.2.